The number of fused-ring (bicyclic) bond motifs is 1. The van der Waals surface area contributed by atoms with Crippen LogP contribution in [0.15, 0.2) is 35.4 Å². The van der Waals surface area contributed by atoms with Crippen molar-refractivity contribution in [3.8, 4) is 22.3 Å². The molecular formula is C24H27FN6O. The van der Waals surface area contributed by atoms with Crippen LogP contribution in [0.5, 0.6) is 0 Å². The van der Waals surface area contributed by atoms with Gasteiger partial charge in [0, 0.05) is 53.6 Å². The molecule has 0 unspecified atom stereocenters. The second-order valence-corrected chi connectivity index (χ2v) is 9.17. The molecule has 0 bridgehead atoms. The van der Waals surface area contributed by atoms with Gasteiger partial charge in [-0.15, -0.1) is 0 Å². The number of hydrogen-bond acceptors (Lipinski definition) is 6. The number of aryl methyl sites for hydroxylation is 2. The van der Waals surface area contributed by atoms with E-state index in [1.165, 1.54) is 0 Å². The quantitative estimate of drug-likeness (QED) is 0.470. The maximum Gasteiger partial charge on any atom is 0.219 e. The first-order valence-corrected chi connectivity index (χ1v) is 11.0. The average Bonchev–Trinajstić information content (AvgIpc) is 3.29. The predicted molar refractivity (Wildman–Crippen MR) is 122 cm³/mol. The molecule has 32 heavy (non-hydrogen) atoms. The number of anilines is 1. The molecule has 0 aromatic carbocycles. The molecule has 0 aliphatic heterocycles. The molecule has 7 nitrogen and oxygen atoms in total. The van der Waals surface area contributed by atoms with Crippen molar-refractivity contribution < 1.29 is 8.91 Å². The van der Waals surface area contributed by atoms with Crippen molar-refractivity contribution in [3.63, 3.8) is 0 Å². The van der Waals surface area contributed by atoms with Crippen molar-refractivity contribution in [1.29, 1.82) is 0 Å². The van der Waals surface area contributed by atoms with Gasteiger partial charge in [0.2, 0.25) is 5.95 Å². The van der Waals surface area contributed by atoms with Gasteiger partial charge in [0.15, 0.2) is 0 Å². The van der Waals surface area contributed by atoms with Gasteiger partial charge < -0.3 is 14.8 Å². The largest absolute Gasteiger partial charge is 0.368 e. The molecule has 8 heteroatoms. The Labute approximate surface area is 185 Å². The molecule has 0 atom stereocenters. The third-order valence-corrected chi connectivity index (χ3v) is 6.62. The van der Waals surface area contributed by atoms with Crippen LogP contribution >= 0.6 is 0 Å². The Hall–Kier alpha value is -3.29. The molecule has 0 saturated heterocycles. The molecule has 0 spiro atoms. The number of halogens is 1. The third-order valence-electron chi connectivity index (χ3n) is 6.62. The number of alkyl halides is 1. The lowest BCUT2D eigenvalue weighted by atomic mass is 9.81. The van der Waals surface area contributed by atoms with Crippen molar-refractivity contribution in [3.05, 3.63) is 42.3 Å². The summed E-state index contributed by atoms with van der Waals surface area (Å²) in [5, 5.41) is 4.09. The number of rotatable bonds is 4. The van der Waals surface area contributed by atoms with Gasteiger partial charge in [-0.05, 0) is 58.4 Å². The molecule has 166 valence electrons. The highest BCUT2D eigenvalue weighted by Gasteiger charge is 2.31. The Balaban J connectivity index is 1.60. The smallest absolute Gasteiger partial charge is 0.219 e. The zero-order valence-electron chi connectivity index (χ0n) is 18.6. The SMILES string of the molecule is Cc1noc(C)c1-c1cnc2c(-c3cnc(N)nc3)cn(CC3CCC(C)(F)CC3)c2c1. The van der Waals surface area contributed by atoms with Crippen LogP contribution in [0.4, 0.5) is 10.3 Å². The Morgan fingerprint density at radius 1 is 1.12 bits per heavy atom. The van der Waals surface area contributed by atoms with E-state index in [4.69, 9.17) is 15.2 Å². The molecule has 0 radical (unpaired) electrons. The fourth-order valence-corrected chi connectivity index (χ4v) is 4.78. The van der Waals surface area contributed by atoms with Crippen LogP contribution in [0, 0.1) is 19.8 Å². The average molecular weight is 435 g/mol. The minimum absolute atomic E-state index is 0.239. The number of pyridine rings is 1. The van der Waals surface area contributed by atoms with E-state index in [0.29, 0.717) is 18.8 Å². The Morgan fingerprint density at radius 3 is 2.47 bits per heavy atom. The Bertz CT molecular complexity index is 1240. The minimum atomic E-state index is -1.04. The monoisotopic (exact) mass is 434 g/mol. The van der Waals surface area contributed by atoms with Crippen LogP contribution < -0.4 is 5.73 Å². The number of nitrogens with zero attached hydrogens (tertiary/aromatic N) is 5. The van der Waals surface area contributed by atoms with Crippen molar-refractivity contribution in [2.45, 2.75) is 58.7 Å². The molecule has 4 aromatic rings. The van der Waals surface area contributed by atoms with Gasteiger partial charge in [0.05, 0.1) is 16.7 Å². The van der Waals surface area contributed by atoms with Crippen LogP contribution in [-0.2, 0) is 6.54 Å². The maximum absolute atomic E-state index is 14.3. The van der Waals surface area contributed by atoms with Gasteiger partial charge in [-0.3, -0.25) is 4.98 Å². The summed E-state index contributed by atoms with van der Waals surface area (Å²) in [6, 6.07) is 2.14. The normalized spacial score (nSPS) is 21.3. The molecule has 2 N–H and O–H groups in total. The molecule has 1 saturated carbocycles. The highest BCUT2D eigenvalue weighted by atomic mass is 19.1. The van der Waals surface area contributed by atoms with Gasteiger partial charge in [0.1, 0.15) is 11.4 Å². The van der Waals surface area contributed by atoms with Gasteiger partial charge in [-0.25, -0.2) is 14.4 Å². The first-order valence-electron chi connectivity index (χ1n) is 11.0. The van der Waals surface area contributed by atoms with Crippen LogP contribution in [0.3, 0.4) is 0 Å². The summed E-state index contributed by atoms with van der Waals surface area (Å²) in [5.74, 6) is 1.43. The van der Waals surface area contributed by atoms with Crippen molar-refractivity contribution >= 4 is 17.0 Å². The summed E-state index contributed by atoms with van der Waals surface area (Å²) < 4.78 is 21.9. The number of nitrogen functional groups attached to an aromatic ring is 1. The molecule has 0 amide bonds. The van der Waals surface area contributed by atoms with E-state index in [9.17, 15) is 4.39 Å². The second kappa shape index (κ2) is 7.69. The molecule has 1 aliphatic rings. The maximum atomic E-state index is 14.3. The van der Waals surface area contributed by atoms with Gasteiger partial charge >= 0.3 is 0 Å². The summed E-state index contributed by atoms with van der Waals surface area (Å²) in [5.41, 5.74) is 11.1. The van der Waals surface area contributed by atoms with E-state index in [-0.39, 0.29) is 5.95 Å². The van der Waals surface area contributed by atoms with E-state index >= 15 is 0 Å². The van der Waals surface area contributed by atoms with Gasteiger partial charge in [0.25, 0.3) is 0 Å². The fraction of sp³-hybridized carbons (Fsp3) is 0.417. The van der Waals surface area contributed by atoms with Crippen molar-refractivity contribution in [1.82, 2.24) is 24.7 Å². The number of hydrogen-bond donors (Lipinski definition) is 1. The number of nitrogens with two attached hydrogens (primary N) is 1. The molecule has 5 rings (SSSR count). The first kappa shape index (κ1) is 20.6. The summed E-state index contributed by atoms with van der Waals surface area (Å²) >= 11 is 0. The zero-order chi connectivity index (χ0) is 22.5. The van der Waals surface area contributed by atoms with Gasteiger partial charge in [-0.1, -0.05) is 5.16 Å². The van der Waals surface area contributed by atoms with E-state index < -0.39 is 5.67 Å². The lowest BCUT2D eigenvalue weighted by molar-refractivity contribution is 0.0985. The number of aromatic nitrogens is 5. The molecular weight excluding hydrogens is 407 g/mol. The predicted octanol–water partition coefficient (Wildman–Crippen LogP) is 5.27. The van der Waals surface area contributed by atoms with Crippen molar-refractivity contribution in [2.24, 2.45) is 5.92 Å². The van der Waals surface area contributed by atoms with Crippen LogP contribution in [0.25, 0.3) is 33.3 Å². The molecule has 4 aromatic heterocycles. The first-order chi connectivity index (χ1) is 15.3. The van der Waals surface area contributed by atoms with E-state index in [0.717, 1.165) is 64.1 Å². The van der Waals surface area contributed by atoms with Gasteiger partial charge in [-0.2, -0.15) is 0 Å². The van der Waals surface area contributed by atoms with E-state index in [2.05, 4.69) is 32.0 Å². The minimum Gasteiger partial charge on any atom is -0.368 e. The Kier molecular flexibility index (Phi) is 4.95. The third kappa shape index (κ3) is 3.74. The van der Waals surface area contributed by atoms with E-state index in [1.54, 1.807) is 19.3 Å². The van der Waals surface area contributed by atoms with Crippen molar-refractivity contribution in [2.75, 3.05) is 5.73 Å². The summed E-state index contributed by atoms with van der Waals surface area (Å²) in [6.45, 7) is 6.37. The lowest BCUT2D eigenvalue weighted by Gasteiger charge is -2.31. The molecule has 1 aliphatic carbocycles. The second-order valence-electron chi connectivity index (χ2n) is 9.17. The van der Waals surface area contributed by atoms with Crippen LogP contribution in [0.1, 0.15) is 44.1 Å². The van der Waals surface area contributed by atoms with Crippen LogP contribution in [-0.4, -0.2) is 30.3 Å². The zero-order valence-corrected chi connectivity index (χ0v) is 18.6. The molecule has 4 heterocycles. The highest BCUT2D eigenvalue weighted by molar-refractivity contribution is 5.94. The topological polar surface area (TPSA) is 95.7 Å². The summed E-state index contributed by atoms with van der Waals surface area (Å²) in [4.78, 5) is 13.1. The summed E-state index contributed by atoms with van der Waals surface area (Å²) in [7, 11) is 0. The lowest BCUT2D eigenvalue weighted by Crippen LogP contribution is -2.27. The van der Waals surface area contributed by atoms with Crippen LogP contribution in [0.2, 0.25) is 0 Å². The molecule has 1 fully saturated rings. The fourth-order valence-electron chi connectivity index (χ4n) is 4.78. The Morgan fingerprint density at radius 2 is 1.81 bits per heavy atom. The summed E-state index contributed by atoms with van der Waals surface area (Å²) in [6.07, 6.45) is 10.4. The van der Waals surface area contributed by atoms with E-state index in [1.807, 2.05) is 20.0 Å². The standard InChI is InChI=1S/C24H27FN6O/c1-14-21(15(2)32-30-14)17-8-20-22(27-9-17)19(18-10-28-23(26)29-11-18)13-31(20)12-16-4-6-24(3,25)7-5-16/h8-11,13,16H,4-7,12H2,1-3H3,(H2,26,28,29). The highest BCUT2D eigenvalue weighted by Crippen LogP contribution is 2.38.